The smallest absolute Gasteiger partial charge is 0.0848 e. The first-order valence-corrected chi connectivity index (χ1v) is 5.95. The minimum Gasteiger partial charge on any atom is -0.388 e. The Kier molecular flexibility index (Phi) is 3.30. The lowest BCUT2D eigenvalue weighted by Gasteiger charge is -2.41. The molecule has 0 amide bonds. The van der Waals surface area contributed by atoms with Crippen LogP contribution in [0.2, 0.25) is 0 Å². The van der Waals surface area contributed by atoms with Crippen molar-refractivity contribution >= 4 is 0 Å². The van der Waals surface area contributed by atoms with Crippen molar-refractivity contribution in [3.63, 3.8) is 0 Å². The molecular weight excluding hydrogens is 204 g/mol. The number of methoxy groups -OCH3 is 1. The van der Waals surface area contributed by atoms with Crippen LogP contribution in [-0.2, 0) is 11.3 Å². The number of rotatable bonds is 5. The minimum atomic E-state index is -0.458. The van der Waals surface area contributed by atoms with Crippen LogP contribution in [0.15, 0.2) is 12.4 Å². The van der Waals surface area contributed by atoms with Gasteiger partial charge in [-0.05, 0) is 26.2 Å². The second-order valence-corrected chi connectivity index (χ2v) is 4.59. The van der Waals surface area contributed by atoms with Gasteiger partial charge >= 0.3 is 0 Å². The van der Waals surface area contributed by atoms with Crippen LogP contribution < -0.4 is 0 Å². The summed E-state index contributed by atoms with van der Waals surface area (Å²) in [7, 11) is 1.74. The summed E-state index contributed by atoms with van der Waals surface area (Å²) in [5.41, 5.74) is 0.804. The van der Waals surface area contributed by atoms with E-state index in [1.54, 1.807) is 13.3 Å². The number of nitrogens with zero attached hydrogens (tertiary/aromatic N) is 2. The van der Waals surface area contributed by atoms with Gasteiger partial charge in [-0.2, -0.15) is 5.10 Å². The molecule has 2 rings (SSSR count). The standard InChI is InChI=1S/C12H20N2O2/c1-3-14-9-10(8-13-14)11(15)7-12(16-2)5-4-6-12/h8-9,11,15H,3-7H2,1-2H3. The number of ether oxygens (including phenoxy) is 1. The summed E-state index contributed by atoms with van der Waals surface area (Å²) in [6.07, 6.45) is 7.20. The van der Waals surface area contributed by atoms with Crippen molar-refractivity contribution < 1.29 is 9.84 Å². The summed E-state index contributed by atoms with van der Waals surface area (Å²) < 4.78 is 7.34. The number of aliphatic hydroxyl groups is 1. The molecule has 1 N–H and O–H groups in total. The predicted octanol–water partition coefficient (Wildman–Crippen LogP) is 1.90. The van der Waals surface area contributed by atoms with E-state index in [1.165, 1.54) is 6.42 Å². The number of hydrogen-bond donors (Lipinski definition) is 1. The zero-order valence-electron chi connectivity index (χ0n) is 10.0. The Morgan fingerprint density at radius 2 is 2.38 bits per heavy atom. The summed E-state index contributed by atoms with van der Waals surface area (Å²) in [6.45, 7) is 2.87. The second kappa shape index (κ2) is 4.55. The van der Waals surface area contributed by atoms with Crippen molar-refractivity contribution in [2.24, 2.45) is 0 Å². The monoisotopic (exact) mass is 224 g/mol. The molecule has 4 nitrogen and oxygen atoms in total. The van der Waals surface area contributed by atoms with Gasteiger partial charge < -0.3 is 9.84 Å². The minimum absolute atomic E-state index is 0.0896. The molecule has 16 heavy (non-hydrogen) atoms. The Labute approximate surface area is 96.2 Å². The highest BCUT2D eigenvalue weighted by molar-refractivity contribution is 5.10. The molecule has 1 fully saturated rings. The third kappa shape index (κ3) is 2.13. The molecule has 0 saturated heterocycles. The van der Waals surface area contributed by atoms with Gasteiger partial charge in [0.15, 0.2) is 0 Å². The van der Waals surface area contributed by atoms with Gasteiger partial charge in [0.1, 0.15) is 0 Å². The topological polar surface area (TPSA) is 47.3 Å². The van der Waals surface area contributed by atoms with Crippen molar-refractivity contribution in [3.8, 4) is 0 Å². The first-order chi connectivity index (χ1) is 7.69. The average Bonchev–Trinajstić information content (AvgIpc) is 2.71. The highest BCUT2D eigenvalue weighted by Crippen LogP contribution is 2.41. The maximum Gasteiger partial charge on any atom is 0.0848 e. The lowest BCUT2D eigenvalue weighted by Crippen LogP contribution is -2.40. The average molecular weight is 224 g/mol. The highest BCUT2D eigenvalue weighted by Gasteiger charge is 2.39. The van der Waals surface area contributed by atoms with E-state index in [0.29, 0.717) is 6.42 Å². The molecule has 1 aliphatic carbocycles. The van der Waals surface area contributed by atoms with E-state index in [9.17, 15) is 5.11 Å². The normalized spacial score (nSPS) is 20.4. The number of aryl methyl sites for hydroxylation is 1. The van der Waals surface area contributed by atoms with Crippen LogP contribution >= 0.6 is 0 Å². The molecule has 0 aromatic carbocycles. The fourth-order valence-electron chi connectivity index (χ4n) is 2.26. The van der Waals surface area contributed by atoms with Crippen molar-refractivity contribution in [3.05, 3.63) is 18.0 Å². The Balaban J connectivity index is 1.99. The zero-order chi connectivity index (χ0) is 11.6. The van der Waals surface area contributed by atoms with Crippen molar-refractivity contribution in [1.82, 2.24) is 9.78 Å². The fourth-order valence-corrected chi connectivity index (χ4v) is 2.26. The van der Waals surface area contributed by atoms with Gasteiger partial charge in [-0.3, -0.25) is 4.68 Å². The van der Waals surface area contributed by atoms with Gasteiger partial charge in [-0.15, -0.1) is 0 Å². The van der Waals surface area contributed by atoms with Gasteiger partial charge in [0, 0.05) is 31.8 Å². The molecule has 0 bridgehead atoms. The van der Waals surface area contributed by atoms with Crippen LogP contribution in [0.25, 0.3) is 0 Å². The Bertz CT molecular complexity index is 339. The fraction of sp³-hybridized carbons (Fsp3) is 0.750. The maximum atomic E-state index is 10.1. The molecule has 1 heterocycles. The second-order valence-electron chi connectivity index (χ2n) is 4.59. The zero-order valence-corrected chi connectivity index (χ0v) is 10.0. The molecule has 0 radical (unpaired) electrons. The van der Waals surface area contributed by atoms with E-state index in [-0.39, 0.29) is 5.60 Å². The van der Waals surface area contributed by atoms with Crippen LogP contribution in [0.1, 0.15) is 44.3 Å². The molecule has 1 unspecified atom stereocenters. The lowest BCUT2D eigenvalue weighted by molar-refractivity contribution is -0.0999. The maximum absolute atomic E-state index is 10.1. The van der Waals surface area contributed by atoms with E-state index in [2.05, 4.69) is 5.10 Å². The van der Waals surface area contributed by atoms with E-state index in [1.807, 2.05) is 17.8 Å². The summed E-state index contributed by atoms with van der Waals surface area (Å²) >= 11 is 0. The Morgan fingerprint density at radius 3 is 2.81 bits per heavy atom. The SMILES string of the molecule is CCn1cc(C(O)CC2(OC)CCC2)cn1. The molecule has 1 saturated carbocycles. The summed E-state index contributed by atoms with van der Waals surface area (Å²) in [4.78, 5) is 0. The Hall–Kier alpha value is -0.870. The lowest BCUT2D eigenvalue weighted by atomic mass is 9.75. The number of aromatic nitrogens is 2. The van der Waals surface area contributed by atoms with Gasteiger partial charge in [0.05, 0.1) is 17.9 Å². The Morgan fingerprint density at radius 1 is 1.62 bits per heavy atom. The van der Waals surface area contributed by atoms with Crippen LogP contribution in [0.3, 0.4) is 0 Å². The predicted molar refractivity (Wildman–Crippen MR) is 61.1 cm³/mol. The quantitative estimate of drug-likeness (QED) is 0.831. The van der Waals surface area contributed by atoms with Gasteiger partial charge in [-0.25, -0.2) is 0 Å². The molecule has 1 aromatic rings. The molecule has 1 aliphatic rings. The van der Waals surface area contributed by atoms with E-state index < -0.39 is 6.10 Å². The number of aliphatic hydroxyl groups excluding tert-OH is 1. The van der Waals surface area contributed by atoms with Crippen molar-refractivity contribution in [2.75, 3.05) is 7.11 Å². The third-order valence-electron chi connectivity index (χ3n) is 3.63. The summed E-state index contributed by atoms with van der Waals surface area (Å²) in [6, 6.07) is 0. The highest BCUT2D eigenvalue weighted by atomic mass is 16.5. The van der Waals surface area contributed by atoms with Crippen molar-refractivity contribution in [2.45, 2.75) is 50.9 Å². The van der Waals surface area contributed by atoms with Crippen LogP contribution in [0.5, 0.6) is 0 Å². The third-order valence-corrected chi connectivity index (χ3v) is 3.63. The summed E-state index contributed by atoms with van der Waals surface area (Å²) in [5.74, 6) is 0. The van der Waals surface area contributed by atoms with E-state index in [0.717, 1.165) is 24.9 Å². The first-order valence-electron chi connectivity index (χ1n) is 5.95. The molecule has 0 spiro atoms. The van der Waals surface area contributed by atoms with E-state index >= 15 is 0 Å². The molecule has 4 heteroatoms. The molecule has 1 aromatic heterocycles. The molecular formula is C12H20N2O2. The largest absolute Gasteiger partial charge is 0.388 e. The van der Waals surface area contributed by atoms with E-state index in [4.69, 9.17) is 4.74 Å². The summed E-state index contributed by atoms with van der Waals surface area (Å²) in [5, 5.41) is 14.3. The van der Waals surface area contributed by atoms with Crippen LogP contribution in [0, 0.1) is 0 Å². The van der Waals surface area contributed by atoms with Crippen LogP contribution in [0.4, 0.5) is 0 Å². The first kappa shape index (κ1) is 11.6. The molecule has 0 aliphatic heterocycles. The van der Waals surface area contributed by atoms with Gasteiger partial charge in [0.2, 0.25) is 0 Å². The van der Waals surface area contributed by atoms with Gasteiger partial charge in [-0.1, -0.05) is 0 Å². The molecule has 90 valence electrons. The molecule has 1 atom stereocenters. The van der Waals surface area contributed by atoms with Crippen LogP contribution in [-0.4, -0.2) is 27.6 Å². The van der Waals surface area contributed by atoms with Gasteiger partial charge in [0.25, 0.3) is 0 Å². The van der Waals surface area contributed by atoms with Crippen molar-refractivity contribution in [1.29, 1.82) is 0 Å². The number of hydrogen-bond acceptors (Lipinski definition) is 3.